The number of carbonyl (C=O) groups excluding carboxylic acids is 1. The number of nitro groups is 1. The Labute approximate surface area is 183 Å². The van der Waals surface area contributed by atoms with Crippen molar-refractivity contribution >= 4 is 28.2 Å². The van der Waals surface area contributed by atoms with E-state index in [2.05, 4.69) is 4.98 Å². The number of hydrogen-bond acceptors (Lipinski definition) is 8. The van der Waals surface area contributed by atoms with Gasteiger partial charge in [0.1, 0.15) is 0 Å². The second-order valence-electron chi connectivity index (χ2n) is 6.30. The number of methoxy groups -OCH3 is 2. The van der Waals surface area contributed by atoms with E-state index in [0.29, 0.717) is 27.9 Å². The number of anilines is 1. The van der Waals surface area contributed by atoms with Crippen molar-refractivity contribution in [2.45, 2.75) is 13.5 Å². The van der Waals surface area contributed by atoms with E-state index in [0.717, 1.165) is 5.56 Å². The summed E-state index contributed by atoms with van der Waals surface area (Å²) in [6.45, 7) is 2.13. The van der Waals surface area contributed by atoms with Crippen molar-refractivity contribution in [1.29, 1.82) is 0 Å². The highest BCUT2D eigenvalue weighted by Gasteiger charge is 2.22. The molecule has 10 heteroatoms. The lowest BCUT2D eigenvalue weighted by atomic mass is 10.1. The number of nitrogens with zero attached hydrogens (tertiary/aromatic N) is 3. The Balaban J connectivity index is 1.92. The lowest BCUT2D eigenvalue weighted by Crippen LogP contribution is -2.31. The quantitative estimate of drug-likeness (QED) is 0.360. The van der Waals surface area contributed by atoms with Crippen LogP contribution in [0.3, 0.4) is 0 Å². The fourth-order valence-corrected chi connectivity index (χ4v) is 3.70. The molecule has 0 aliphatic heterocycles. The summed E-state index contributed by atoms with van der Waals surface area (Å²) in [6, 6.07) is 11.5. The predicted molar refractivity (Wildman–Crippen MR) is 117 cm³/mol. The minimum atomic E-state index is -0.544. The molecule has 3 rings (SSSR count). The monoisotopic (exact) mass is 443 g/mol. The largest absolute Gasteiger partial charge is 0.493 e. The van der Waals surface area contributed by atoms with Gasteiger partial charge in [0.05, 0.1) is 38.0 Å². The molecule has 0 fully saturated rings. The van der Waals surface area contributed by atoms with Gasteiger partial charge in [-0.15, -0.1) is 11.3 Å². The first kappa shape index (κ1) is 22.0. The van der Waals surface area contributed by atoms with E-state index in [1.807, 2.05) is 6.07 Å². The Hall–Kier alpha value is -3.66. The van der Waals surface area contributed by atoms with Crippen LogP contribution in [-0.2, 0) is 11.3 Å². The highest BCUT2D eigenvalue weighted by Crippen LogP contribution is 2.32. The van der Waals surface area contributed by atoms with E-state index in [1.54, 1.807) is 43.7 Å². The number of thiazole rings is 1. The fourth-order valence-electron chi connectivity index (χ4n) is 2.87. The van der Waals surface area contributed by atoms with Gasteiger partial charge in [0, 0.05) is 23.1 Å². The number of rotatable bonds is 8. The highest BCUT2D eigenvalue weighted by atomic mass is 32.1. The number of hydrogen-bond donors (Lipinski definition) is 0. The fraction of sp³-hybridized carbons (Fsp3) is 0.238. The van der Waals surface area contributed by atoms with Crippen molar-refractivity contribution in [2.24, 2.45) is 0 Å². The second kappa shape index (κ2) is 9.90. The van der Waals surface area contributed by atoms with Gasteiger partial charge in [-0.2, -0.15) is 0 Å². The van der Waals surface area contributed by atoms with Gasteiger partial charge in [0.2, 0.25) is 0 Å². The maximum Gasteiger partial charge on any atom is 0.416 e. The lowest BCUT2D eigenvalue weighted by molar-refractivity contribution is -0.384. The summed E-state index contributed by atoms with van der Waals surface area (Å²) in [4.78, 5) is 29.2. The second-order valence-corrected chi connectivity index (χ2v) is 7.13. The summed E-state index contributed by atoms with van der Waals surface area (Å²) >= 11 is 1.25. The first-order chi connectivity index (χ1) is 15.0. The summed E-state index contributed by atoms with van der Waals surface area (Å²) in [6.07, 6.45) is -0.544. The van der Waals surface area contributed by atoms with Crippen LogP contribution >= 0.6 is 11.3 Å². The number of ether oxygens (including phenoxy) is 3. The molecule has 0 atom stereocenters. The van der Waals surface area contributed by atoms with Gasteiger partial charge in [-0.3, -0.25) is 10.1 Å². The molecular formula is C21H21N3O6S. The molecule has 0 unspecified atom stereocenters. The van der Waals surface area contributed by atoms with Gasteiger partial charge < -0.3 is 14.2 Å². The number of carbonyl (C=O) groups is 1. The van der Waals surface area contributed by atoms with Crippen molar-refractivity contribution in [3.05, 3.63) is 63.5 Å². The van der Waals surface area contributed by atoms with Crippen LogP contribution in [-0.4, -0.2) is 36.8 Å². The molecule has 3 aromatic rings. The van der Waals surface area contributed by atoms with Crippen molar-refractivity contribution < 1.29 is 23.9 Å². The minimum Gasteiger partial charge on any atom is -0.493 e. The molecule has 0 bridgehead atoms. The summed E-state index contributed by atoms with van der Waals surface area (Å²) < 4.78 is 15.8. The Bertz CT molecular complexity index is 1080. The van der Waals surface area contributed by atoms with Crippen LogP contribution in [0, 0.1) is 10.1 Å². The van der Waals surface area contributed by atoms with Crippen LogP contribution in [0.2, 0.25) is 0 Å². The maximum absolute atomic E-state index is 12.6. The highest BCUT2D eigenvalue weighted by molar-refractivity contribution is 7.14. The van der Waals surface area contributed by atoms with Crippen LogP contribution in [0.25, 0.3) is 11.3 Å². The van der Waals surface area contributed by atoms with E-state index in [9.17, 15) is 14.9 Å². The topological polar surface area (TPSA) is 104 Å². The van der Waals surface area contributed by atoms with Crippen molar-refractivity contribution in [3.63, 3.8) is 0 Å². The number of nitro benzene ring substituents is 1. The zero-order valence-corrected chi connectivity index (χ0v) is 18.0. The first-order valence-corrected chi connectivity index (χ1v) is 10.2. The number of benzene rings is 2. The van der Waals surface area contributed by atoms with Crippen LogP contribution in [0.1, 0.15) is 12.5 Å². The number of amides is 1. The molecule has 31 heavy (non-hydrogen) atoms. The zero-order chi connectivity index (χ0) is 22.4. The lowest BCUT2D eigenvalue weighted by Gasteiger charge is -2.20. The van der Waals surface area contributed by atoms with E-state index in [1.165, 1.54) is 35.5 Å². The molecule has 0 aliphatic carbocycles. The molecule has 0 aliphatic rings. The zero-order valence-electron chi connectivity index (χ0n) is 17.2. The van der Waals surface area contributed by atoms with Gasteiger partial charge in [-0.25, -0.2) is 14.7 Å². The third-order valence-corrected chi connectivity index (χ3v) is 5.22. The number of non-ortho nitro benzene ring substituents is 1. The molecule has 2 aromatic carbocycles. The third-order valence-electron chi connectivity index (χ3n) is 4.35. The minimum absolute atomic E-state index is 0.0281. The molecule has 0 N–H and O–H groups in total. The average Bonchev–Trinajstić information content (AvgIpc) is 3.27. The molecule has 0 spiro atoms. The molecule has 1 heterocycles. The number of aromatic nitrogens is 1. The van der Waals surface area contributed by atoms with Gasteiger partial charge in [0.25, 0.3) is 5.69 Å². The van der Waals surface area contributed by atoms with E-state index in [4.69, 9.17) is 14.2 Å². The molecule has 9 nitrogen and oxygen atoms in total. The molecular weight excluding hydrogens is 422 g/mol. The molecule has 1 aromatic heterocycles. The smallest absolute Gasteiger partial charge is 0.416 e. The van der Waals surface area contributed by atoms with Crippen LogP contribution in [0.4, 0.5) is 15.6 Å². The normalized spacial score (nSPS) is 10.4. The maximum atomic E-state index is 12.6. The van der Waals surface area contributed by atoms with Crippen molar-refractivity contribution in [1.82, 2.24) is 4.98 Å². The van der Waals surface area contributed by atoms with E-state index >= 15 is 0 Å². The summed E-state index contributed by atoms with van der Waals surface area (Å²) in [5.74, 6) is 1.12. The summed E-state index contributed by atoms with van der Waals surface area (Å²) in [7, 11) is 3.09. The van der Waals surface area contributed by atoms with E-state index in [-0.39, 0.29) is 18.8 Å². The Morgan fingerprint density at radius 2 is 1.94 bits per heavy atom. The van der Waals surface area contributed by atoms with Gasteiger partial charge in [-0.1, -0.05) is 18.2 Å². The SMILES string of the molecule is CCOC(=O)N(Cc1ccc(OC)c(OC)c1)c1nc(-c2cccc([N+](=O)[O-])c2)cs1. The van der Waals surface area contributed by atoms with Crippen molar-refractivity contribution in [2.75, 3.05) is 25.7 Å². The Kier molecular flexibility index (Phi) is 7.03. The van der Waals surface area contributed by atoms with Crippen LogP contribution in [0.5, 0.6) is 11.5 Å². The van der Waals surface area contributed by atoms with Crippen molar-refractivity contribution in [3.8, 4) is 22.8 Å². The Morgan fingerprint density at radius 1 is 1.16 bits per heavy atom. The van der Waals surface area contributed by atoms with Gasteiger partial charge >= 0.3 is 6.09 Å². The van der Waals surface area contributed by atoms with Crippen LogP contribution in [0.15, 0.2) is 47.8 Å². The molecule has 0 radical (unpaired) electrons. The van der Waals surface area contributed by atoms with Gasteiger partial charge in [0.15, 0.2) is 16.6 Å². The molecule has 0 saturated heterocycles. The molecule has 1 amide bonds. The average molecular weight is 443 g/mol. The van der Waals surface area contributed by atoms with E-state index < -0.39 is 11.0 Å². The van der Waals surface area contributed by atoms with Crippen LogP contribution < -0.4 is 14.4 Å². The standard InChI is InChI=1S/C21H21N3O6S/c1-4-30-21(25)23(12-14-8-9-18(28-2)19(10-14)29-3)20-22-17(13-31-20)15-6-5-7-16(11-15)24(26)27/h5-11,13H,4,12H2,1-3H3. The first-order valence-electron chi connectivity index (χ1n) is 9.32. The molecule has 0 saturated carbocycles. The third kappa shape index (κ3) is 5.10. The summed E-state index contributed by atoms with van der Waals surface area (Å²) in [5, 5.41) is 13.2. The van der Waals surface area contributed by atoms with Gasteiger partial charge in [-0.05, 0) is 24.6 Å². The summed E-state index contributed by atoms with van der Waals surface area (Å²) in [5.41, 5.74) is 1.88. The Morgan fingerprint density at radius 3 is 2.61 bits per heavy atom. The molecule has 162 valence electrons. The predicted octanol–water partition coefficient (Wildman–Crippen LogP) is 4.90.